The van der Waals surface area contributed by atoms with Gasteiger partial charge in [-0.3, -0.25) is 9.59 Å². The minimum absolute atomic E-state index is 0.00954. The van der Waals surface area contributed by atoms with E-state index < -0.39 is 5.54 Å². The molecule has 5 heteroatoms. The second-order valence-corrected chi connectivity index (χ2v) is 6.44. The minimum Gasteiger partial charge on any atom is -0.339 e. The molecule has 5 nitrogen and oxygen atoms in total. The van der Waals surface area contributed by atoms with Gasteiger partial charge in [-0.15, -0.1) is 0 Å². The molecule has 20 heavy (non-hydrogen) atoms. The molecule has 1 aliphatic heterocycles. The molecule has 1 saturated heterocycles. The monoisotopic (exact) mass is 283 g/mol. The standard InChI is InChI=1S/C15H29N3O2/c1-5-6-15(4,16)14(20)18-9-7-17(8-10-18)13(19)11-12(2)3/h12H,5-11,16H2,1-4H3. The first-order valence-electron chi connectivity index (χ1n) is 7.64. The summed E-state index contributed by atoms with van der Waals surface area (Å²) in [5.41, 5.74) is 5.31. The highest BCUT2D eigenvalue weighted by Gasteiger charge is 2.34. The number of hydrogen-bond donors (Lipinski definition) is 1. The molecule has 0 spiro atoms. The zero-order valence-electron chi connectivity index (χ0n) is 13.3. The van der Waals surface area contributed by atoms with Gasteiger partial charge < -0.3 is 15.5 Å². The fourth-order valence-corrected chi connectivity index (χ4v) is 2.62. The number of rotatable bonds is 5. The zero-order valence-corrected chi connectivity index (χ0v) is 13.3. The molecule has 1 atom stereocenters. The molecule has 0 aromatic heterocycles. The van der Waals surface area contributed by atoms with E-state index in [-0.39, 0.29) is 11.8 Å². The number of nitrogens with zero attached hydrogens (tertiary/aromatic N) is 2. The van der Waals surface area contributed by atoms with Crippen LogP contribution in [0.15, 0.2) is 0 Å². The summed E-state index contributed by atoms with van der Waals surface area (Å²) in [6.07, 6.45) is 2.17. The fraction of sp³-hybridized carbons (Fsp3) is 0.867. The lowest BCUT2D eigenvalue weighted by Gasteiger charge is -2.38. The van der Waals surface area contributed by atoms with Gasteiger partial charge in [-0.1, -0.05) is 27.2 Å². The van der Waals surface area contributed by atoms with Crippen LogP contribution in [0.5, 0.6) is 0 Å². The van der Waals surface area contributed by atoms with Gasteiger partial charge >= 0.3 is 0 Å². The van der Waals surface area contributed by atoms with Crippen molar-refractivity contribution in [2.45, 2.75) is 52.5 Å². The number of carbonyl (C=O) groups excluding carboxylic acids is 2. The largest absolute Gasteiger partial charge is 0.339 e. The molecule has 0 aromatic carbocycles. The Bertz CT molecular complexity index is 345. The summed E-state index contributed by atoms with van der Waals surface area (Å²) in [6.45, 7) is 10.4. The normalized spacial score (nSPS) is 19.1. The van der Waals surface area contributed by atoms with E-state index in [1.54, 1.807) is 11.8 Å². The molecule has 0 radical (unpaired) electrons. The molecule has 0 bridgehead atoms. The molecular weight excluding hydrogens is 254 g/mol. The first-order valence-corrected chi connectivity index (χ1v) is 7.64. The van der Waals surface area contributed by atoms with Crippen molar-refractivity contribution in [3.05, 3.63) is 0 Å². The molecule has 0 aliphatic carbocycles. The average Bonchev–Trinajstić information content (AvgIpc) is 2.37. The van der Waals surface area contributed by atoms with Crippen molar-refractivity contribution in [1.82, 2.24) is 9.80 Å². The van der Waals surface area contributed by atoms with E-state index in [4.69, 9.17) is 5.73 Å². The molecule has 2 N–H and O–H groups in total. The topological polar surface area (TPSA) is 66.6 Å². The van der Waals surface area contributed by atoms with Gasteiger partial charge in [0.2, 0.25) is 11.8 Å². The minimum atomic E-state index is -0.779. The van der Waals surface area contributed by atoms with Crippen LogP contribution in [0.25, 0.3) is 0 Å². The highest BCUT2D eigenvalue weighted by molar-refractivity contribution is 5.86. The Kier molecular flexibility index (Phi) is 5.99. The van der Waals surface area contributed by atoms with Crippen molar-refractivity contribution in [1.29, 1.82) is 0 Å². The van der Waals surface area contributed by atoms with Gasteiger partial charge in [-0.25, -0.2) is 0 Å². The third-order valence-corrected chi connectivity index (χ3v) is 3.76. The lowest BCUT2D eigenvalue weighted by molar-refractivity contribution is -0.143. The molecular formula is C15H29N3O2. The van der Waals surface area contributed by atoms with Crippen molar-refractivity contribution in [2.24, 2.45) is 11.7 Å². The third-order valence-electron chi connectivity index (χ3n) is 3.76. The molecule has 1 fully saturated rings. The van der Waals surface area contributed by atoms with Gasteiger partial charge in [0, 0.05) is 32.6 Å². The molecule has 1 aliphatic rings. The zero-order chi connectivity index (χ0) is 15.3. The smallest absolute Gasteiger partial charge is 0.242 e. The summed E-state index contributed by atoms with van der Waals surface area (Å²) in [5, 5.41) is 0. The van der Waals surface area contributed by atoms with Crippen molar-refractivity contribution < 1.29 is 9.59 Å². The van der Waals surface area contributed by atoms with Gasteiger partial charge in [0.25, 0.3) is 0 Å². The highest BCUT2D eigenvalue weighted by Crippen LogP contribution is 2.15. The third kappa shape index (κ3) is 4.47. The fourth-order valence-electron chi connectivity index (χ4n) is 2.62. The van der Waals surface area contributed by atoms with E-state index in [0.717, 1.165) is 6.42 Å². The molecule has 1 unspecified atom stereocenters. The average molecular weight is 283 g/mol. The molecule has 1 rings (SSSR count). The second kappa shape index (κ2) is 7.07. The Morgan fingerprint density at radius 1 is 1.15 bits per heavy atom. The maximum atomic E-state index is 12.4. The quantitative estimate of drug-likeness (QED) is 0.825. The van der Waals surface area contributed by atoms with Gasteiger partial charge in [0.1, 0.15) is 0 Å². The van der Waals surface area contributed by atoms with Crippen molar-refractivity contribution in [3.63, 3.8) is 0 Å². The summed E-state index contributed by atoms with van der Waals surface area (Å²) in [6, 6.07) is 0. The summed E-state index contributed by atoms with van der Waals surface area (Å²) < 4.78 is 0. The first-order chi connectivity index (χ1) is 9.27. The number of piperazine rings is 1. The van der Waals surface area contributed by atoms with Crippen LogP contribution in [0.4, 0.5) is 0 Å². The van der Waals surface area contributed by atoms with Crippen LogP contribution >= 0.6 is 0 Å². The van der Waals surface area contributed by atoms with Gasteiger partial charge in [-0.05, 0) is 19.3 Å². The maximum absolute atomic E-state index is 12.4. The van der Waals surface area contributed by atoms with Crippen molar-refractivity contribution >= 4 is 11.8 Å². The SMILES string of the molecule is CCCC(C)(N)C(=O)N1CCN(C(=O)CC(C)C)CC1. The van der Waals surface area contributed by atoms with Crippen LogP contribution in [0.2, 0.25) is 0 Å². The van der Waals surface area contributed by atoms with Crippen LogP contribution in [-0.4, -0.2) is 53.3 Å². The Hall–Kier alpha value is -1.10. The Labute approximate surface area is 122 Å². The highest BCUT2D eigenvalue weighted by atomic mass is 16.2. The van der Waals surface area contributed by atoms with Crippen LogP contribution in [0.1, 0.15) is 47.0 Å². The van der Waals surface area contributed by atoms with Crippen LogP contribution in [-0.2, 0) is 9.59 Å². The van der Waals surface area contributed by atoms with Gasteiger partial charge in [-0.2, -0.15) is 0 Å². The van der Waals surface area contributed by atoms with Crippen molar-refractivity contribution in [2.75, 3.05) is 26.2 Å². The molecule has 0 aromatic rings. The molecule has 116 valence electrons. The summed E-state index contributed by atoms with van der Waals surface area (Å²) in [7, 11) is 0. The van der Waals surface area contributed by atoms with Gasteiger partial charge in [0.15, 0.2) is 0 Å². The van der Waals surface area contributed by atoms with Gasteiger partial charge in [0.05, 0.1) is 5.54 Å². The van der Waals surface area contributed by atoms with E-state index in [1.807, 2.05) is 25.7 Å². The Morgan fingerprint density at radius 3 is 2.10 bits per heavy atom. The number of carbonyl (C=O) groups is 2. The van der Waals surface area contributed by atoms with E-state index in [1.165, 1.54) is 0 Å². The summed E-state index contributed by atoms with van der Waals surface area (Å²) >= 11 is 0. The molecule has 2 amide bonds. The van der Waals surface area contributed by atoms with E-state index in [9.17, 15) is 9.59 Å². The summed E-state index contributed by atoms with van der Waals surface area (Å²) in [5.74, 6) is 0.575. The van der Waals surface area contributed by atoms with E-state index >= 15 is 0 Å². The number of hydrogen-bond acceptors (Lipinski definition) is 3. The van der Waals surface area contributed by atoms with Crippen LogP contribution < -0.4 is 5.73 Å². The van der Waals surface area contributed by atoms with E-state index in [2.05, 4.69) is 0 Å². The predicted octanol–water partition coefficient (Wildman–Crippen LogP) is 1.22. The molecule has 0 saturated carbocycles. The second-order valence-electron chi connectivity index (χ2n) is 6.44. The first kappa shape index (κ1) is 17.0. The van der Waals surface area contributed by atoms with Crippen molar-refractivity contribution in [3.8, 4) is 0 Å². The summed E-state index contributed by atoms with van der Waals surface area (Å²) in [4.78, 5) is 28.0. The Balaban J connectivity index is 2.50. The van der Waals surface area contributed by atoms with Crippen LogP contribution in [0, 0.1) is 5.92 Å². The molecule has 1 heterocycles. The number of amides is 2. The lowest BCUT2D eigenvalue weighted by Crippen LogP contribution is -2.58. The lowest BCUT2D eigenvalue weighted by atomic mass is 9.95. The number of nitrogens with two attached hydrogens (primary N) is 1. The van der Waals surface area contributed by atoms with Crippen LogP contribution in [0.3, 0.4) is 0 Å². The maximum Gasteiger partial charge on any atom is 0.242 e. The van der Waals surface area contributed by atoms with E-state index in [0.29, 0.717) is 44.9 Å². The predicted molar refractivity (Wildman–Crippen MR) is 80.1 cm³/mol. The Morgan fingerprint density at radius 2 is 1.65 bits per heavy atom.